The van der Waals surface area contributed by atoms with Crippen LogP contribution in [0.25, 0.3) is 0 Å². The Bertz CT molecular complexity index is 938. The van der Waals surface area contributed by atoms with Crippen LogP contribution in [0.2, 0.25) is 0 Å². The van der Waals surface area contributed by atoms with E-state index in [9.17, 15) is 22.8 Å². The van der Waals surface area contributed by atoms with Gasteiger partial charge in [-0.2, -0.15) is 13.2 Å². The van der Waals surface area contributed by atoms with E-state index in [2.05, 4.69) is 21.3 Å². The van der Waals surface area contributed by atoms with Gasteiger partial charge in [-0.15, -0.1) is 0 Å². The molecule has 2 fully saturated rings. The molecule has 0 radical (unpaired) electrons. The summed E-state index contributed by atoms with van der Waals surface area (Å²) in [5.74, 6) is -0.846. The van der Waals surface area contributed by atoms with Crippen molar-refractivity contribution < 1.29 is 22.8 Å². The van der Waals surface area contributed by atoms with Crippen molar-refractivity contribution in [1.82, 2.24) is 21.3 Å². The molecule has 0 aliphatic carbocycles. The second kappa shape index (κ2) is 8.05. The highest BCUT2D eigenvalue weighted by Crippen LogP contribution is 2.29. The zero-order chi connectivity index (χ0) is 21.3. The van der Waals surface area contributed by atoms with Crippen molar-refractivity contribution in [2.75, 3.05) is 11.4 Å². The van der Waals surface area contributed by atoms with Gasteiger partial charge in [0.05, 0.1) is 23.3 Å². The number of hydrogen-bond acceptors (Lipinski definition) is 5. The number of imide groups is 1. The predicted molar refractivity (Wildman–Crippen MR) is 103 cm³/mol. The highest BCUT2D eigenvalue weighted by molar-refractivity contribution is 6.17. The molecule has 3 unspecified atom stereocenters. The number of nitrogens with zero attached hydrogens (tertiary/aromatic N) is 1. The fraction of sp³-hybridized carbons (Fsp3) is 0.300. The molecule has 0 saturated carbocycles. The van der Waals surface area contributed by atoms with Gasteiger partial charge in [0.2, 0.25) is 5.91 Å². The van der Waals surface area contributed by atoms with Gasteiger partial charge in [0.25, 0.3) is 0 Å². The third kappa shape index (κ3) is 4.16. The Balaban J connectivity index is 1.38. The number of fused-ring (bicyclic) bond motifs is 1. The summed E-state index contributed by atoms with van der Waals surface area (Å²) in [6.07, 6.45) is -5.48. The molecule has 2 aromatic carbocycles. The topological polar surface area (TPSA) is 85.5 Å². The lowest BCUT2D eigenvalue weighted by Crippen LogP contribution is -2.74. The van der Waals surface area contributed by atoms with Crippen LogP contribution < -0.4 is 26.2 Å². The van der Waals surface area contributed by atoms with Gasteiger partial charge in [0.15, 0.2) is 0 Å². The van der Waals surface area contributed by atoms with Crippen molar-refractivity contribution in [3.8, 4) is 0 Å². The number of alkyl halides is 3. The standard InChI is InChI=1S/C20H20F3N5O2/c21-20(22,23)13-6-4-5-12(9-13)10-24-18-25-11-15-16(26-18)27-19(30)28(17(15)29)14-7-2-1-3-8-14/h1-9,15-16,18,24-26H,10-11H2,(H,27,30). The quantitative estimate of drug-likeness (QED) is 0.609. The number of benzene rings is 2. The number of hydrogen-bond donors (Lipinski definition) is 4. The first kappa shape index (κ1) is 20.3. The summed E-state index contributed by atoms with van der Waals surface area (Å²) in [6.45, 7) is 0.463. The van der Waals surface area contributed by atoms with Crippen LogP contribution in [0.15, 0.2) is 54.6 Å². The van der Waals surface area contributed by atoms with Gasteiger partial charge in [-0.3, -0.25) is 20.7 Å². The number of nitrogens with one attached hydrogen (secondary N) is 4. The van der Waals surface area contributed by atoms with E-state index < -0.39 is 36.1 Å². The molecular formula is C20H20F3N5O2. The normalized spacial score (nSPS) is 24.4. The summed E-state index contributed by atoms with van der Waals surface area (Å²) in [6, 6.07) is 13.2. The Morgan fingerprint density at radius 3 is 2.57 bits per heavy atom. The fourth-order valence-corrected chi connectivity index (χ4v) is 3.58. The molecule has 0 aromatic heterocycles. The maximum atomic E-state index is 12.9. The Labute approximate surface area is 170 Å². The van der Waals surface area contributed by atoms with Crippen molar-refractivity contribution in [3.63, 3.8) is 0 Å². The lowest BCUT2D eigenvalue weighted by Gasteiger charge is -2.43. The first-order chi connectivity index (χ1) is 14.3. The molecule has 4 rings (SSSR count). The van der Waals surface area contributed by atoms with Crippen LogP contribution in [0.1, 0.15) is 11.1 Å². The maximum Gasteiger partial charge on any atom is 0.416 e. The molecule has 10 heteroatoms. The van der Waals surface area contributed by atoms with Crippen molar-refractivity contribution in [3.05, 3.63) is 65.7 Å². The number of rotatable bonds is 4. The third-order valence-electron chi connectivity index (χ3n) is 5.09. The molecule has 2 heterocycles. The van der Waals surface area contributed by atoms with Crippen LogP contribution in [0.5, 0.6) is 0 Å². The van der Waals surface area contributed by atoms with Crippen molar-refractivity contribution in [2.45, 2.75) is 25.2 Å². The van der Waals surface area contributed by atoms with E-state index in [1.165, 1.54) is 6.07 Å². The summed E-state index contributed by atoms with van der Waals surface area (Å²) in [7, 11) is 0. The fourth-order valence-electron chi connectivity index (χ4n) is 3.58. The van der Waals surface area contributed by atoms with Gasteiger partial charge in [0.1, 0.15) is 6.29 Å². The second-order valence-electron chi connectivity index (χ2n) is 7.13. The number of para-hydroxylation sites is 1. The average Bonchev–Trinajstić information content (AvgIpc) is 2.72. The summed E-state index contributed by atoms with van der Waals surface area (Å²) in [5.41, 5.74) is 0.246. The number of anilines is 1. The van der Waals surface area contributed by atoms with E-state index in [1.807, 2.05) is 0 Å². The smallest absolute Gasteiger partial charge is 0.321 e. The predicted octanol–water partition coefficient (Wildman–Crippen LogP) is 1.97. The highest BCUT2D eigenvalue weighted by atomic mass is 19.4. The van der Waals surface area contributed by atoms with Gasteiger partial charge < -0.3 is 5.32 Å². The number of urea groups is 1. The number of carbonyl (C=O) groups is 2. The van der Waals surface area contributed by atoms with Crippen molar-refractivity contribution >= 4 is 17.6 Å². The van der Waals surface area contributed by atoms with E-state index in [0.717, 1.165) is 17.0 Å². The van der Waals surface area contributed by atoms with Gasteiger partial charge >= 0.3 is 12.2 Å². The molecule has 2 aromatic rings. The SMILES string of the molecule is O=C1NC2NC(NCc3cccc(C(F)(F)F)c3)NCC2C(=O)N1c1ccccc1. The zero-order valence-electron chi connectivity index (χ0n) is 15.7. The molecule has 3 amide bonds. The third-order valence-corrected chi connectivity index (χ3v) is 5.09. The molecule has 30 heavy (non-hydrogen) atoms. The molecule has 4 N–H and O–H groups in total. The summed E-state index contributed by atoms with van der Waals surface area (Å²) in [5, 5.41) is 12.0. The van der Waals surface area contributed by atoms with Crippen LogP contribution in [0, 0.1) is 5.92 Å². The van der Waals surface area contributed by atoms with Crippen molar-refractivity contribution in [1.29, 1.82) is 0 Å². The summed E-state index contributed by atoms with van der Waals surface area (Å²) < 4.78 is 38.6. The lowest BCUT2D eigenvalue weighted by atomic mass is 9.99. The molecule has 0 bridgehead atoms. The first-order valence-electron chi connectivity index (χ1n) is 9.41. The van der Waals surface area contributed by atoms with Gasteiger partial charge in [0, 0.05) is 13.1 Å². The van der Waals surface area contributed by atoms with Gasteiger partial charge in [-0.1, -0.05) is 36.4 Å². The number of halogens is 3. The maximum absolute atomic E-state index is 12.9. The lowest BCUT2D eigenvalue weighted by molar-refractivity contribution is -0.137. The minimum Gasteiger partial charge on any atom is -0.321 e. The molecule has 2 aliphatic rings. The minimum atomic E-state index is -4.40. The van der Waals surface area contributed by atoms with Crippen LogP contribution in [0.4, 0.5) is 23.7 Å². The van der Waals surface area contributed by atoms with Crippen molar-refractivity contribution in [2.24, 2.45) is 5.92 Å². The first-order valence-corrected chi connectivity index (χ1v) is 9.41. The van der Waals surface area contributed by atoms with E-state index in [0.29, 0.717) is 17.8 Å². The Morgan fingerprint density at radius 1 is 1.07 bits per heavy atom. The van der Waals surface area contributed by atoms with E-state index in [1.54, 1.807) is 36.4 Å². The van der Waals surface area contributed by atoms with E-state index >= 15 is 0 Å². The highest BCUT2D eigenvalue weighted by Gasteiger charge is 2.44. The van der Waals surface area contributed by atoms with Crippen LogP contribution in [0.3, 0.4) is 0 Å². The number of amides is 3. The molecule has 158 valence electrons. The average molecular weight is 419 g/mol. The van der Waals surface area contributed by atoms with Crippen LogP contribution in [-0.2, 0) is 17.5 Å². The Morgan fingerprint density at radius 2 is 1.83 bits per heavy atom. The summed E-state index contributed by atoms with van der Waals surface area (Å²) >= 11 is 0. The molecule has 7 nitrogen and oxygen atoms in total. The largest absolute Gasteiger partial charge is 0.416 e. The number of carbonyl (C=O) groups excluding carboxylic acids is 2. The van der Waals surface area contributed by atoms with Crippen LogP contribution in [-0.4, -0.2) is 30.9 Å². The molecule has 2 aliphatic heterocycles. The molecule has 2 saturated heterocycles. The molecule has 0 spiro atoms. The zero-order valence-corrected chi connectivity index (χ0v) is 15.7. The minimum absolute atomic E-state index is 0.171. The Hall–Kier alpha value is -2.95. The van der Waals surface area contributed by atoms with Gasteiger partial charge in [-0.25, -0.2) is 9.69 Å². The van der Waals surface area contributed by atoms with Crippen LogP contribution >= 0.6 is 0 Å². The molecule has 3 atom stereocenters. The van der Waals surface area contributed by atoms with Gasteiger partial charge in [-0.05, 0) is 23.8 Å². The second-order valence-corrected chi connectivity index (χ2v) is 7.13. The van der Waals surface area contributed by atoms with E-state index in [4.69, 9.17) is 0 Å². The van der Waals surface area contributed by atoms with E-state index in [-0.39, 0.29) is 12.5 Å². The monoisotopic (exact) mass is 419 g/mol. The Kier molecular flexibility index (Phi) is 5.46. The summed E-state index contributed by atoms with van der Waals surface area (Å²) in [4.78, 5) is 26.4. The molecular weight excluding hydrogens is 399 g/mol.